The zero-order chi connectivity index (χ0) is 14.3. The van der Waals surface area contributed by atoms with Crippen molar-refractivity contribution in [3.63, 3.8) is 0 Å². The van der Waals surface area contributed by atoms with Crippen LogP contribution in [0, 0.1) is 0 Å². The summed E-state index contributed by atoms with van der Waals surface area (Å²) in [7, 11) is -1.78. The Labute approximate surface area is 117 Å². The summed E-state index contributed by atoms with van der Waals surface area (Å²) >= 11 is 0. The first kappa shape index (κ1) is 13.0. The standard InChI is InChI=1S/C13H15N3O3S/c1-19-12-5-9(4-11(14)6-12)10-7-15-16(8-10)20(17,18)13-2-3-13/h4-8,13H,2-3,14H2,1H3. The summed E-state index contributed by atoms with van der Waals surface area (Å²) in [6, 6.07) is 5.25. The second-order valence-corrected chi connectivity index (χ2v) is 6.91. The third-order valence-corrected chi connectivity index (χ3v) is 5.30. The first-order valence-corrected chi connectivity index (χ1v) is 7.75. The number of aromatic nitrogens is 2. The van der Waals surface area contributed by atoms with Gasteiger partial charge < -0.3 is 10.5 Å². The predicted octanol–water partition coefficient (Wildman–Crippen LogP) is 1.48. The summed E-state index contributed by atoms with van der Waals surface area (Å²) in [6.07, 6.45) is 4.46. The molecule has 0 radical (unpaired) electrons. The van der Waals surface area contributed by atoms with Gasteiger partial charge in [0.05, 0.1) is 24.8 Å². The molecule has 106 valence electrons. The van der Waals surface area contributed by atoms with E-state index in [9.17, 15) is 8.42 Å². The van der Waals surface area contributed by atoms with Gasteiger partial charge >= 0.3 is 0 Å². The van der Waals surface area contributed by atoms with Crippen molar-refractivity contribution in [2.45, 2.75) is 18.1 Å². The van der Waals surface area contributed by atoms with Crippen LogP contribution in [0.2, 0.25) is 0 Å². The summed E-state index contributed by atoms with van der Waals surface area (Å²) in [5.74, 6) is 0.623. The molecule has 2 aromatic rings. The topological polar surface area (TPSA) is 87.2 Å². The SMILES string of the molecule is COc1cc(N)cc(-c2cnn(S(=O)(=O)C3CC3)c2)c1. The summed E-state index contributed by atoms with van der Waals surface area (Å²) in [6.45, 7) is 0. The minimum atomic E-state index is -3.34. The number of nitrogen functional groups attached to an aromatic ring is 1. The molecule has 0 aliphatic heterocycles. The molecule has 1 aliphatic rings. The third-order valence-electron chi connectivity index (χ3n) is 3.26. The van der Waals surface area contributed by atoms with Gasteiger partial charge in [-0.25, -0.2) is 8.42 Å². The first-order valence-electron chi connectivity index (χ1n) is 6.24. The van der Waals surface area contributed by atoms with Gasteiger partial charge in [-0.3, -0.25) is 0 Å². The van der Waals surface area contributed by atoms with E-state index in [1.54, 1.807) is 25.3 Å². The zero-order valence-electron chi connectivity index (χ0n) is 11.0. The van der Waals surface area contributed by atoms with Crippen molar-refractivity contribution in [3.8, 4) is 16.9 Å². The van der Waals surface area contributed by atoms with Gasteiger partial charge in [0.15, 0.2) is 0 Å². The van der Waals surface area contributed by atoms with Gasteiger partial charge in [-0.1, -0.05) is 0 Å². The molecule has 1 aromatic carbocycles. The maximum Gasteiger partial charge on any atom is 0.256 e. The van der Waals surface area contributed by atoms with Crippen molar-refractivity contribution in [1.29, 1.82) is 0 Å². The lowest BCUT2D eigenvalue weighted by atomic mass is 10.1. The molecule has 0 unspecified atom stereocenters. The molecule has 1 heterocycles. The lowest BCUT2D eigenvalue weighted by molar-refractivity contribution is 0.415. The first-order chi connectivity index (χ1) is 9.50. The molecule has 0 bridgehead atoms. The summed E-state index contributed by atoms with van der Waals surface area (Å²) < 4.78 is 30.4. The highest BCUT2D eigenvalue weighted by Crippen LogP contribution is 2.31. The van der Waals surface area contributed by atoms with Crippen LogP contribution in [0.15, 0.2) is 30.6 Å². The summed E-state index contributed by atoms with van der Waals surface area (Å²) in [4.78, 5) is 0. The maximum atomic E-state index is 12.1. The molecular formula is C13H15N3O3S. The van der Waals surface area contributed by atoms with Crippen molar-refractivity contribution in [2.24, 2.45) is 0 Å². The van der Waals surface area contributed by atoms with Crippen LogP contribution < -0.4 is 10.5 Å². The molecule has 1 aromatic heterocycles. The van der Waals surface area contributed by atoms with Crippen LogP contribution in [-0.4, -0.2) is 30.0 Å². The Morgan fingerprint density at radius 3 is 2.70 bits per heavy atom. The van der Waals surface area contributed by atoms with E-state index >= 15 is 0 Å². The van der Waals surface area contributed by atoms with Gasteiger partial charge in [-0.2, -0.15) is 9.19 Å². The van der Waals surface area contributed by atoms with Crippen molar-refractivity contribution in [1.82, 2.24) is 9.19 Å². The second kappa shape index (κ2) is 4.52. The van der Waals surface area contributed by atoms with Crippen molar-refractivity contribution < 1.29 is 13.2 Å². The summed E-state index contributed by atoms with van der Waals surface area (Å²) in [5, 5.41) is 3.67. The number of benzene rings is 1. The van der Waals surface area contributed by atoms with Crippen molar-refractivity contribution in [2.75, 3.05) is 12.8 Å². The van der Waals surface area contributed by atoms with Crippen LogP contribution in [-0.2, 0) is 10.0 Å². The van der Waals surface area contributed by atoms with Crippen LogP contribution in [0.5, 0.6) is 5.75 Å². The second-order valence-electron chi connectivity index (χ2n) is 4.84. The fraction of sp³-hybridized carbons (Fsp3) is 0.308. The Morgan fingerprint density at radius 2 is 2.05 bits per heavy atom. The van der Waals surface area contributed by atoms with Crippen LogP contribution in [0.3, 0.4) is 0 Å². The van der Waals surface area contributed by atoms with E-state index in [2.05, 4.69) is 5.10 Å². The van der Waals surface area contributed by atoms with Crippen LogP contribution in [0.25, 0.3) is 11.1 Å². The number of nitrogens with zero attached hydrogens (tertiary/aromatic N) is 2. The van der Waals surface area contributed by atoms with Crippen LogP contribution in [0.4, 0.5) is 5.69 Å². The number of hydrogen-bond donors (Lipinski definition) is 1. The third kappa shape index (κ3) is 2.24. The normalized spacial score (nSPS) is 15.2. The Morgan fingerprint density at radius 1 is 1.30 bits per heavy atom. The van der Waals surface area contributed by atoms with Gasteiger partial charge in [0, 0.05) is 17.3 Å². The molecule has 0 spiro atoms. The lowest BCUT2D eigenvalue weighted by Gasteiger charge is -2.05. The fourth-order valence-electron chi connectivity index (χ4n) is 2.02. The van der Waals surface area contributed by atoms with E-state index in [1.165, 1.54) is 12.4 Å². The molecule has 7 heteroatoms. The Bertz CT molecular complexity index is 748. The molecular weight excluding hydrogens is 278 g/mol. The number of methoxy groups -OCH3 is 1. The number of rotatable bonds is 4. The highest BCUT2D eigenvalue weighted by atomic mass is 32.2. The molecule has 2 N–H and O–H groups in total. The smallest absolute Gasteiger partial charge is 0.256 e. The molecule has 1 fully saturated rings. The molecule has 20 heavy (non-hydrogen) atoms. The van der Waals surface area contributed by atoms with E-state index in [1.807, 2.05) is 0 Å². The molecule has 1 aliphatic carbocycles. The molecule has 3 rings (SSSR count). The molecule has 6 nitrogen and oxygen atoms in total. The van der Waals surface area contributed by atoms with Gasteiger partial charge in [-0.05, 0) is 30.5 Å². The average molecular weight is 293 g/mol. The highest BCUT2D eigenvalue weighted by Gasteiger charge is 2.37. The molecule has 0 amide bonds. The predicted molar refractivity (Wildman–Crippen MR) is 76.0 cm³/mol. The van der Waals surface area contributed by atoms with Crippen LogP contribution >= 0.6 is 0 Å². The van der Waals surface area contributed by atoms with Gasteiger partial charge in [0.2, 0.25) is 0 Å². The van der Waals surface area contributed by atoms with Gasteiger partial charge in [0.1, 0.15) is 5.75 Å². The van der Waals surface area contributed by atoms with Gasteiger partial charge in [-0.15, -0.1) is 0 Å². The Hall–Kier alpha value is -2.02. The quantitative estimate of drug-likeness (QED) is 0.863. The van der Waals surface area contributed by atoms with E-state index in [4.69, 9.17) is 10.5 Å². The van der Waals surface area contributed by atoms with E-state index in [0.29, 0.717) is 29.8 Å². The minimum absolute atomic E-state index is 0.286. The Kier molecular flexibility index (Phi) is 2.93. The van der Waals surface area contributed by atoms with E-state index in [0.717, 1.165) is 9.65 Å². The van der Waals surface area contributed by atoms with Crippen molar-refractivity contribution in [3.05, 3.63) is 30.6 Å². The summed E-state index contributed by atoms with van der Waals surface area (Å²) in [5.41, 5.74) is 7.82. The number of ether oxygens (including phenoxy) is 1. The number of nitrogens with two attached hydrogens (primary N) is 1. The van der Waals surface area contributed by atoms with Crippen molar-refractivity contribution >= 4 is 15.7 Å². The number of anilines is 1. The average Bonchev–Trinajstić information content (AvgIpc) is 3.15. The van der Waals surface area contributed by atoms with E-state index in [-0.39, 0.29) is 5.25 Å². The monoisotopic (exact) mass is 293 g/mol. The zero-order valence-corrected chi connectivity index (χ0v) is 11.8. The fourth-order valence-corrected chi connectivity index (χ4v) is 3.49. The van der Waals surface area contributed by atoms with Crippen LogP contribution in [0.1, 0.15) is 12.8 Å². The Balaban J connectivity index is 2.00. The number of hydrogen-bond acceptors (Lipinski definition) is 5. The molecule has 0 saturated heterocycles. The minimum Gasteiger partial charge on any atom is -0.497 e. The molecule has 1 saturated carbocycles. The largest absolute Gasteiger partial charge is 0.497 e. The van der Waals surface area contributed by atoms with E-state index < -0.39 is 10.0 Å². The lowest BCUT2D eigenvalue weighted by Crippen LogP contribution is -2.17. The maximum absolute atomic E-state index is 12.1. The molecule has 0 atom stereocenters. The van der Waals surface area contributed by atoms with Gasteiger partial charge in [0.25, 0.3) is 10.0 Å². The highest BCUT2D eigenvalue weighted by molar-refractivity contribution is 7.90.